The number of hydrogen-bond donors (Lipinski definition) is 2. The molecule has 0 aromatic rings. The van der Waals surface area contributed by atoms with E-state index >= 15 is 0 Å². The van der Waals surface area contributed by atoms with Gasteiger partial charge in [0.05, 0.1) is 30.5 Å². The molecule has 2 aliphatic carbocycles. The molecule has 2 N–H and O–H groups in total. The molecule has 7 atom stereocenters. The van der Waals surface area contributed by atoms with E-state index in [0.717, 1.165) is 58.2 Å². The predicted molar refractivity (Wildman–Crippen MR) is 91.6 cm³/mol. The fourth-order valence-electron chi connectivity index (χ4n) is 7.00. The van der Waals surface area contributed by atoms with Crippen LogP contribution in [0.3, 0.4) is 0 Å². The maximum atomic E-state index is 10.7. The largest absolute Gasteiger partial charge is 0.396 e. The van der Waals surface area contributed by atoms with Gasteiger partial charge in [0, 0.05) is 23.9 Å². The fourth-order valence-corrected chi connectivity index (χ4v) is 7.00. The van der Waals surface area contributed by atoms with Crippen molar-refractivity contribution in [1.82, 2.24) is 0 Å². The maximum Gasteiger partial charge on any atom is 0.0945 e. The van der Waals surface area contributed by atoms with Crippen molar-refractivity contribution >= 4 is 0 Å². The van der Waals surface area contributed by atoms with Gasteiger partial charge in [0.2, 0.25) is 0 Å². The lowest BCUT2D eigenvalue weighted by molar-refractivity contribution is -0.266. The predicted octanol–water partition coefficient (Wildman–Crippen LogP) is 2.90. The summed E-state index contributed by atoms with van der Waals surface area (Å²) < 4.78 is 12.7. The van der Waals surface area contributed by atoms with Gasteiger partial charge in [-0.15, -0.1) is 0 Å². The molecule has 4 rings (SSSR count). The van der Waals surface area contributed by atoms with Crippen LogP contribution in [0.4, 0.5) is 0 Å². The smallest absolute Gasteiger partial charge is 0.0945 e. The highest BCUT2D eigenvalue weighted by Crippen LogP contribution is 2.68. The Bertz CT molecular complexity index is 502. The Labute approximate surface area is 145 Å². The zero-order valence-electron chi connectivity index (χ0n) is 15.5. The molecular weight excluding hydrogens is 304 g/mol. The molecule has 4 nitrogen and oxygen atoms in total. The van der Waals surface area contributed by atoms with Crippen LogP contribution in [-0.2, 0) is 9.47 Å². The zero-order valence-corrected chi connectivity index (χ0v) is 15.5. The molecule has 2 heterocycles. The fraction of sp³-hybridized carbons (Fsp3) is 1.00. The molecule has 2 spiro atoms. The van der Waals surface area contributed by atoms with Gasteiger partial charge in [0.1, 0.15) is 0 Å². The average Bonchev–Trinajstić information content (AvgIpc) is 3.18. The summed E-state index contributed by atoms with van der Waals surface area (Å²) in [6, 6.07) is 0. The number of aliphatic hydroxyl groups excluding tert-OH is 2. The molecular formula is C20H34O4. The van der Waals surface area contributed by atoms with E-state index in [9.17, 15) is 10.2 Å². The number of ether oxygens (including phenoxy) is 2. The topological polar surface area (TPSA) is 58.9 Å². The second-order valence-electron chi connectivity index (χ2n) is 9.64. The van der Waals surface area contributed by atoms with Crippen molar-refractivity contribution in [3.63, 3.8) is 0 Å². The molecule has 0 amide bonds. The van der Waals surface area contributed by atoms with Crippen molar-refractivity contribution in [2.45, 2.75) is 83.0 Å². The van der Waals surface area contributed by atoms with E-state index < -0.39 is 11.5 Å². The third-order valence-electron chi connectivity index (χ3n) is 8.67. The molecule has 138 valence electrons. The highest BCUT2D eigenvalue weighted by atomic mass is 16.6. The quantitative estimate of drug-likeness (QED) is 0.772. The molecule has 2 saturated carbocycles. The maximum absolute atomic E-state index is 10.7. The van der Waals surface area contributed by atoms with E-state index in [2.05, 4.69) is 20.8 Å². The van der Waals surface area contributed by atoms with E-state index in [-0.39, 0.29) is 23.2 Å². The van der Waals surface area contributed by atoms with Crippen molar-refractivity contribution in [1.29, 1.82) is 0 Å². The van der Waals surface area contributed by atoms with Crippen LogP contribution in [0.2, 0.25) is 0 Å². The third kappa shape index (κ3) is 2.00. The molecule has 0 bridgehead atoms. The normalized spacial score (nSPS) is 57.6. The highest BCUT2D eigenvalue weighted by Gasteiger charge is 2.69. The van der Waals surface area contributed by atoms with E-state index in [1.54, 1.807) is 0 Å². The highest BCUT2D eigenvalue weighted by molar-refractivity contribution is 5.17. The summed E-state index contributed by atoms with van der Waals surface area (Å²) in [5.74, 6) is 0.837. The van der Waals surface area contributed by atoms with Gasteiger partial charge in [-0.2, -0.15) is 0 Å². The molecule has 0 aromatic heterocycles. The van der Waals surface area contributed by atoms with Crippen LogP contribution in [0.15, 0.2) is 0 Å². The van der Waals surface area contributed by atoms with Crippen LogP contribution in [0, 0.1) is 22.7 Å². The van der Waals surface area contributed by atoms with Gasteiger partial charge in [-0.05, 0) is 50.4 Å². The Morgan fingerprint density at radius 1 is 1.04 bits per heavy atom. The minimum absolute atomic E-state index is 0.0213. The van der Waals surface area contributed by atoms with Gasteiger partial charge in [0.15, 0.2) is 0 Å². The molecule has 24 heavy (non-hydrogen) atoms. The Hall–Kier alpha value is -0.160. The van der Waals surface area contributed by atoms with Crippen molar-refractivity contribution in [3.8, 4) is 0 Å². The Kier molecular flexibility index (Phi) is 3.90. The lowest BCUT2D eigenvalue weighted by Crippen LogP contribution is -2.66. The lowest BCUT2D eigenvalue weighted by atomic mass is 9.43. The monoisotopic (exact) mass is 338 g/mol. The molecule has 0 unspecified atom stereocenters. The summed E-state index contributed by atoms with van der Waals surface area (Å²) in [5.41, 5.74) is -0.593. The molecule has 0 aromatic carbocycles. The second kappa shape index (κ2) is 5.42. The van der Waals surface area contributed by atoms with Crippen molar-refractivity contribution < 1.29 is 19.7 Å². The van der Waals surface area contributed by atoms with Crippen LogP contribution in [0.5, 0.6) is 0 Å². The van der Waals surface area contributed by atoms with Gasteiger partial charge in [-0.25, -0.2) is 0 Å². The van der Waals surface area contributed by atoms with Crippen molar-refractivity contribution in [2.75, 3.05) is 19.8 Å². The number of rotatable bonds is 1. The summed E-state index contributed by atoms with van der Waals surface area (Å²) in [6.45, 7) is 8.46. The molecule has 4 aliphatic rings. The summed E-state index contributed by atoms with van der Waals surface area (Å²) >= 11 is 0. The number of aliphatic hydroxyl groups is 2. The second-order valence-corrected chi connectivity index (χ2v) is 9.64. The Balaban J connectivity index is 1.74. The molecule has 2 saturated heterocycles. The van der Waals surface area contributed by atoms with E-state index in [1.807, 2.05) is 0 Å². The first-order valence-electron chi connectivity index (χ1n) is 9.89. The van der Waals surface area contributed by atoms with Gasteiger partial charge in [-0.1, -0.05) is 20.8 Å². The van der Waals surface area contributed by atoms with Gasteiger partial charge < -0.3 is 19.7 Å². The average molecular weight is 338 g/mol. The molecule has 0 radical (unpaired) electrons. The lowest BCUT2D eigenvalue weighted by Gasteiger charge is -2.65. The van der Waals surface area contributed by atoms with Gasteiger partial charge in [-0.3, -0.25) is 0 Å². The van der Waals surface area contributed by atoms with E-state index in [0.29, 0.717) is 11.8 Å². The van der Waals surface area contributed by atoms with Crippen LogP contribution in [0.1, 0.15) is 65.7 Å². The SMILES string of the molecule is C[C@@H]1CC[C@H]2[C@](C)(CO)[C@@H](O)CC[C@]2(C)[C@@]12CC[C@@]1(CCOC1)O2. The van der Waals surface area contributed by atoms with Crippen LogP contribution in [-0.4, -0.2) is 47.3 Å². The van der Waals surface area contributed by atoms with E-state index in [4.69, 9.17) is 9.47 Å². The minimum atomic E-state index is -0.411. The first kappa shape index (κ1) is 17.3. The Morgan fingerprint density at radius 3 is 2.50 bits per heavy atom. The molecule has 2 aliphatic heterocycles. The van der Waals surface area contributed by atoms with Crippen LogP contribution in [0.25, 0.3) is 0 Å². The summed E-state index contributed by atoms with van der Waals surface area (Å²) in [4.78, 5) is 0. The first-order chi connectivity index (χ1) is 11.3. The Morgan fingerprint density at radius 2 is 1.83 bits per heavy atom. The zero-order chi connectivity index (χ0) is 17.2. The first-order valence-corrected chi connectivity index (χ1v) is 9.89. The standard InChI is InChI=1S/C20H34O4/c1-14-4-5-15-17(2,12-21)16(22)6-7-18(15,3)20(14)9-8-19(24-20)10-11-23-13-19/h14-16,21-22H,4-13H2,1-3H3/t14-,15+,16+,17+,18+,19+,20-/m1/s1. The van der Waals surface area contributed by atoms with Crippen LogP contribution < -0.4 is 0 Å². The summed E-state index contributed by atoms with van der Waals surface area (Å²) in [6.07, 6.45) is 6.78. The number of hydrogen-bond acceptors (Lipinski definition) is 4. The minimum Gasteiger partial charge on any atom is -0.396 e. The van der Waals surface area contributed by atoms with Gasteiger partial charge >= 0.3 is 0 Å². The molecule has 4 heteroatoms. The molecule has 4 fully saturated rings. The van der Waals surface area contributed by atoms with E-state index in [1.165, 1.54) is 0 Å². The number of fused-ring (bicyclic) bond motifs is 2. The summed E-state index contributed by atoms with van der Waals surface area (Å²) in [7, 11) is 0. The van der Waals surface area contributed by atoms with Crippen molar-refractivity contribution in [3.05, 3.63) is 0 Å². The summed E-state index contributed by atoms with van der Waals surface area (Å²) in [5, 5.41) is 20.8. The van der Waals surface area contributed by atoms with Gasteiger partial charge in [0.25, 0.3) is 0 Å². The third-order valence-corrected chi connectivity index (χ3v) is 8.67. The van der Waals surface area contributed by atoms with Crippen molar-refractivity contribution in [2.24, 2.45) is 22.7 Å². The van der Waals surface area contributed by atoms with Crippen LogP contribution >= 0.6 is 0 Å².